The monoisotopic (exact) mass is 415 g/mol. The van der Waals surface area contributed by atoms with Crippen LogP contribution in [0.15, 0.2) is 42.5 Å². The number of hydrogen-bond donors (Lipinski definition) is 1. The van der Waals surface area contributed by atoms with E-state index in [9.17, 15) is 13.2 Å². The molecule has 8 nitrogen and oxygen atoms in total. The average Bonchev–Trinajstić information content (AvgIpc) is 2.68. The van der Waals surface area contributed by atoms with E-state index in [1.165, 1.54) is 6.92 Å². The molecule has 1 heterocycles. The summed E-state index contributed by atoms with van der Waals surface area (Å²) < 4.78 is 37.0. The summed E-state index contributed by atoms with van der Waals surface area (Å²) in [4.78, 5) is 12.7. The van der Waals surface area contributed by atoms with E-state index in [-0.39, 0.29) is 6.42 Å². The number of fused-ring (bicyclic) bond motifs is 1. The van der Waals surface area contributed by atoms with E-state index in [0.717, 1.165) is 16.1 Å². The minimum atomic E-state index is -3.76. The molecule has 9 heteroatoms. The third-order valence-corrected chi connectivity index (χ3v) is 5.62. The lowest BCUT2D eigenvalue weighted by atomic mass is 10.1. The van der Waals surface area contributed by atoms with Gasteiger partial charge in [-0.15, -0.1) is 0 Å². The standard InChI is InChI=1S/C20H21N3O5S/c1-14(20(24)22-16-5-3-15(4-6-16)9-10-21)23(29(2,25)26)17-7-8-18-19(13-17)28-12-11-27-18/h3-8,13-14H,9,11-12H2,1-2H3,(H,22,24)/t14-/m0/s1. The molecule has 0 bridgehead atoms. The van der Waals surface area contributed by atoms with Crippen LogP contribution in [0.1, 0.15) is 12.5 Å². The van der Waals surface area contributed by atoms with E-state index < -0.39 is 22.0 Å². The van der Waals surface area contributed by atoms with Crippen LogP contribution in [-0.2, 0) is 21.2 Å². The van der Waals surface area contributed by atoms with Gasteiger partial charge in [0.05, 0.1) is 24.4 Å². The number of benzene rings is 2. The smallest absolute Gasteiger partial charge is 0.247 e. The van der Waals surface area contributed by atoms with Crippen molar-refractivity contribution >= 4 is 27.3 Å². The van der Waals surface area contributed by atoms with Crippen molar-refractivity contribution in [3.05, 3.63) is 48.0 Å². The summed E-state index contributed by atoms with van der Waals surface area (Å²) in [5.41, 5.74) is 1.65. The van der Waals surface area contributed by atoms with Gasteiger partial charge in [0, 0.05) is 11.8 Å². The molecule has 1 atom stereocenters. The fourth-order valence-electron chi connectivity index (χ4n) is 3.02. The van der Waals surface area contributed by atoms with Crippen molar-refractivity contribution in [2.75, 3.05) is 29.1 Å². The predicted octanol–water partition coefficient (Wildman–Crippen LogP) is 2.32. The third kappa shape index (κ3) is 4.78. The molecule has 0 aromatic heterocycles. The van der Waals surface area contributed by atoms with E-state index in [1.54, 1.807) is 42.5 Å². The Kier molecular flexibility index (Phi) is 5.94. The van der Waals surface area contributed by atoms with Crippen molar-refractivity contribution in [1.29, 1.82) is 5.26 Å². The van der Waals surface area contributed by atoms with Gasteiger partial charge in [-0.25, -0.2) is 8.42 Å². The molecule has 1 amide bonds. The molecule has 0 aliphatic carbocycles. The summed E-state index contributed by atoms with van der Waals surface area (Å²) in [5.74, 6) is 0.476. The highest BCUT2D eigenvalue weighted by Crippen LogP contribution is 2.35. The van der Waals surface area contributed by atoms with Crippen molar-refractivity contribution in [2.24, 2.45) is 0 Å². The van der Waals surface area contributed by atoms with Gasteiger partial charge in [0.25, 0.3) is 0 Å². The molecule has 0 spiro atoms. The largest absolute Gasteiger partial charge is 0.486 e. The molecular weight excluding hydrogens is 394 g/mol. The third-order valence-electron chi connectivity index (χ3n) is 4.37. The first-order valence-corrected chi connectivity index (χ1v) is 10.8. The van der Waals surface area contributed by atoms with Gasteiger partial charge >= 0.3 is 0 Å². The highest BCUT2D eigenvalue weighted by Gasteiger charge is 2.30. The van der Waals surface area contributed by atoms with Crippen molar-refractivity contribution in [3.63, 3.8) is 0 Å². The number of ether oxygens (including phenoxy) is 2. The van der Waals surface area contributed by atoms with E-state index in [2.05, 4.69) is 11.4 Å². The minimum Gasteiger partial charge on any atom is -0.486 e. The van der Waals surface area contributed by atoms with Gasteiger partial charge < -0.3 is 14.8 Å². The number of sulfonamides is 1. The Labute approximate surface area is 169 Å². The number of hydrogen-bond acceptors (Lipinski definition) is 6. The molecule has 0 unspecified atom stereocenters. The second-order valence-corrected chi connectivity index (χ2v) is 8.44. The van der Waals surface area contributed by atoms with Crippen molar-refractivity contribution in [3.8, 4) is 17.6 Å². The first kappa shape index (κ1) is 20.5. The van der Waals surface area contributed by atoms with Crippen LogP contribution in [0.5, 0.6) is 11.5 Å². The lowest BCUT2D eigenvalue weighted by molar-refractivity contribution is -0.116. The zero-order valence-corrected chi connectivity index (χ0v) is 16.9. The molecule has 2 aromatic carbocycles. The summed E-state index contributed by atoms with van der Waals surface area (Å²) in [6.07, 6.45) is 1.32. The first-order chi connectivity index (χ1) is 13.8. The molecular formula is C20H21N3O5S. The van der Waals surface area contributed by atoms with Gasteiger partial charge in [-0.2, -0.15) is 5.26 Å². The molecule has 1 aliphatic heterocycles. The van der Waals surface area contributed by atoms with Crippen molar-refractivity contribution in [1.82, 2.24) is 0 Å². The fraction of sp³-hybridized carbons (Fsp3) is 0.300. The summed E-state index contributed by atoms with van der Waals surface area (Å²) in [7, 11) is -3.76. The van der Waals surface area contributed by atoms with Gasteiger partial charge in [-0.05, 0) is 36.8 Å². The summed E-state index contributed by atoms with van der Waals surface area (Å²) in [6, 6.07) is 12.6. The van der Waals surface area contributed by atoms with Crippen LogP contribution >= 0.6 is 0 Å². The summed E-state index contributed by atoms with van der Waals surface area (Å²) >= 11 is 0. The Morgan fingerprint density at radius 2 is 1.83 bits per heavy atom. The normalized spacial score (nSPS) is 13.8. The molecule has 0 radical (unpaired) electrons. The van der Waals surface area contributed by atoms with Crippen molar-refractivity contribution in [2.45, 2.75) is 19.4 Å². The second kappa shape index (κ2) is 8.41. The SMILES string of the molecule is C[C@@H](C(=O)Nc1ccc(CC#N)cc1)N(c1ccc2c(c1)OCCO2)S(C)(=O)=O. The lowest BCUT2D eigenvalue weighted by Gasteiger charge is -2.29. The second-order valence-electron chi connectivity index (χ2n) is 6.58. The molecule has 1 aliphatic rings. The number of carbonyl (C=O) groups is 1. The van der Waals surface area contributed by atoms with E-state index >= 15 is 0 Å². The van der Waals surface area contributed by atoms with Crippen LogP contribution in [0, 0.1) is 11.3 Å². The lowest BCUT2D eigenvalue weighted by Crippen LogP contribution is -2.45. The number of nitrogens with one attached hydrogen (secondary N) is 1. The number of carbonyl (C=O) groups excluding carboxylic acids is 1. The quantitative estimate of drug-likeness (QED) is 0.776. The fourth-order valence-corrected chi connectivity index (χ4v) is 4.19. The van der Waals surface area contributed by atoms with Gasteiger partial charge in [0.2, 0.25) is 15.9 Å². The van der Waals surface area contributed by atoms with Crippen LogP contribution in [0.2, 0.25) is 0 Å². The molecule has 1 N–H and O–H groups in total. The summed E-state index contributed by atoms with van der Waals surface area (Å²) in [6.45, 7) is 2.30. The van der Waals surface area contributed by atoms with Crippen molar-refractivity contribution < 1.29 is 22.7 Å². The van der Waals surface area contributed by atoms with E-state index in [1.807, 2.05) is 0 Å². The van der Waals surface area contributed by atoms with Crippen LogP contribution in [0.25, 0.3) is 0 Å². The van der Waals surface area contributed by atoms with E-state index in [4.69, 9.17) is 14.7 Å². The minimum absolute atomic E-state index is 0.274. The molecule has 3 rings (SSSR count). The van der Waals surface area contributed by atoms with E-state index in [0.29, 0.717) is 36.1 Å². The predicted molar refractivity (Wildman–Crippen MR) is 109 cm³/mol. The Morgan fingerprint density at radius 1 is 1.17 bits per heavy atom. The number of anilines is 2. The van der Waals surface area contributed by atoms with Gasteiger partial charge in [0.1, 0.15) is 19.3 Å². The highest BCUT2D eigenvalue weighted by molar-refractivity contribution is 7.92. The Hall–Kier alpha value is -3.25. The maximum atomic E-state index is 12.7. The zero-order chi connectivity index (χ0) is 21.0. The van der Waals surface area contributed by atoms with Crippen LogP contribution in [-0.4, -0.2) is 39.8 Å². The number of rotatable bonds is 6. The maximum absolute atomic E-state index is 12.7. The van der Waals surface area contributed by atoms with Crippen LogP contribution in [0.3, 0.4) is 0 Å². The first-order valence-electron chi connectivity index (χ1n) is 8.95. The highest BCUT2D eigenvalue weighted by atomic mass is 32.2. The van der Waals surface area contributed by atoms with Crippen LogP contribution < -0.4 is 19.1 Å². The molecule has 152 valence electrons. The summed E-state index contributed by atoms with van der Waals surface area (Å²) in [5, 5.41) is 11.4. The van der Waals surface area contributed by atoms with Crippen LogP contribution in [0.4, 0.5) is 11.4 Å². The zero-order valence-electron chi connectivity index (χ0n) is 16.1. The van der Waals surface area contributed by atoms with Gasteiger partial charge in [-0.3, -0.25) is 9.10 Å². The molecule has 29 heavy (non-hydrogen) atoms. The molecule has 0 saturated heterocycles. The Balaban J connectivity index is 1.83. The Morgan fingerprint density at radius 3 is 2.45 bits per heavy atom. The topological polar surface area (TPSA) is 109 Å². The average molecular weight is 415 g/mol. The number of nitriles is 1. The molecule has 0 fully saturated rings. The number of nitrogens with zero attached hydrogens (tertiary/aromatic N) is 2. The molecule has 2 aromatic rings. The maximum Gasteiger partial charge on any atom is 0.247 e. The number of amides is 1. The molecule has 0 saturated carbocycles. The Bertz CT molecular complexity index is 1040. The van der Waals surface area contributed by atoms with Gasteiger partial charge in [0.15, 0.2) is 11.5 Å². The van der Waals surface area contributed by atoms with Gasteiger partial charge in [-0.1, -0.05) is 12.1 Å².